The lowest BCUT2D eigenvalue weighted by molar-refractivity contribution is -0.119. The highest BCUT2D eigenvalue weighted by molar-refractivity contribution is 6.30. The van der Waals surface area contributed by atoms with Gasteiger partial charge < -0.3 is 11.1 Å². The standard InChI is InChI=1S/C10H11ClN6O2/c1-5(8(12)18)13-10(19)15-9-14-7-4-6(11)2-3-17(7)16-9/h2-5H,1H3,(H2,12,18)(H2,13,15,16,19)/t5-/m0/s1. The predicted octanol–water partition coefficient (Wildman–Crippen LogP) is 0.378. The smallest absolute Gasteiger partial charge is 0.322 e. The van der Waals surface area contributed by atoms with Gasteiger partial charge in [-0.2, -0.15) is 4.98 Å². The Bertz CT molecular complexity index is 640. The van der Waals surface area contributed by atoms with Crippen molar-refractivity contribution in [3.05, 3.63) is 23.4 Å². The van der Waals surface area contributed by atoms with Crippen LogP contribution in [0.1, 0.15) is 6.92 Å². The number of nitrogens with zero attached hydrogens (tertiary/aromatic N) is 3. The summed E-state index contributed by atoms with van der Waals surface area (Å²) in [6.45, 7) is 1.47. The predicted molar refractivity (Wildman–Crippen MR) is 68.8 cm³/mol. The molecule has 9 heteroatoms. The Morgan fingerprint density at radius 2 is 2.26 bits per heavy atom. The van der Waals surface area contributed by atoms with Gasteiger partial charge >= 0.3 is 6.03 Å². The van der Waals surface area contributed by atoms with Gasteiger partial charge in [0.25, 0.3) is 5.95 Å². The van der Waals surface area contributed by atoms with Crippen LogP contribution < -0.4 is 16.4 Å². The van der Waals surface area contributed by atoms with Gasteiger partial charge in [-0.25, -0.2) is 9.31 Å². The summed E-state index contributed by atoms with van der Waals surface area (Å²) < 4.78 is 1.46. The molecule has 3 amide bonds. The van der Waals surface area contributed by atoms with Gasteiger partial charge in [-0.15, -0.1) is 5.10 Å². The highest BCUT2D eigenvalue weighted by Crippen LogP contribution is 2.12. The van der Waals surface area contributed by atoms with E-state index in [0.29, 0.717) is 10.7 Å². The molecule has 0 aliphatic carbocycles. The van der Waals surface area contributed by atoms with E-state index in [4.69, 9.17) is 17.3 Å². The van der Waals surface area contributed by atoms with E-state index in [0.717, 1.165) is 0 Å². The lowest BCUT2D eigenvalue weighted by Crippen LogP contribution is -2.44. The summed E-state index contributed by atoms with van der Waals surface area (Å²) in [5.74, 6) is -0.540. The minimum atomic E-state index is -0.786. The largest absolute Gasteiger partial charge is 0.368 e. The Kier molecular flexibility index (Phi) is 3.52. The summed E-state index contributed by atoms with van der Waals surface area (Å²) in [7, 11) is 0. The molecule has 8 nitrogen and oxygen atoms in total. The van der Waals surface area contributed by atoms with Crippen molar-refractivity contribution in [2.24, 2.45) is 5.73 Å². The summed E-state index contributed by atoms with van der Waals surface area (Å²) in [6.07, 6.45) is 1.61. The third-order valence-corrected chi connectivity index (χ3v) is 2.53. The fraction of sp³-hybridized carbons (Fsp3) is 0.200. The monoisotopic (exact) mass is 282 g/mol. The SMILES string of the molecule is C[C@H](NC(=O)Nc1nc2cc(Cl)ccn2n1)C(N)=O. The summed E-state index contributed by atoms with van der Waals surface area (Å²) in [5, 5.41) is 9.25. The Morgan fingerprint density at radius 3 is 2.95 bits per heavy atom. The van der Waals surface area contributed by atoms with Crippen molar-refractivity contribution in [1.29, 1.82) is 0 Å². The molecule has 0 saturated heterocycles. The van der Waals surface area contributed by atoms with Crippen LogP contribution in [-0.4, -0.2) is 32.6 Å². The van der Waals surface area contributed by atoms with Gasteiger partial charge in [-0.3, -0.25) is 10.1 Å². The molecule has 0 aliphatic heterocycles. The minimum Gasteiger partial charge on any atom is -0.368 e. The Morgan fingerprint density at radius 1 is 1.53 bits per heavy atom. The van der Waals surface area contributed by atoms with E-state index in [9.17, 15) is 9.59 Å². The summed E-state index contributed by atoms with van der Waals surface area (Å²) in [6, 6.07) is 1.84. The van der Waals surface area contributed by atoms with Crippen molar-refractivity contribution in [2.75, 3.05) is 5.32 Å². The highest BCUT2D eigenvalue weighted by atomic mass is 35.5. The van der Waals surface area contributed by atoms with E-state index in [1.54, 1.807) is 18.3 Å². The van der Waals surface area contributed by atoms with Gasteiger partial charge in [0.05, 0.1) is 0 Å². The first kappa shape index (κ1) is 13.1. The van der Waals surface area contributed by atoms with Crippen LogP contribution in [-0.2, 0) is 4.79 Å². The molecule has 0 bridgehead atoms. The molecule has 2 rings (SSSR count). The molecule has 0 fully saturated rings. The normalized spacial score (nSPS) is 12.1. The van der Waals surface area contributed by atoms with Crippen LogP contribution in [0.3, 0.4) is 0 Å². The summed E-state index contributed by atoms with van der Waals surface area (Å²) >= 11 is 5.81. The number of hydrogen-bond acceptors (Lipinski definition) is 4. The molecule has 0 unspecified atom stereocenters. The van der Waals surface area contributed by atoms with Crippen LogP contribution in [0.2, 0.25) is 5.02 Å². The van der Waals surface area contributed by atoms with Gasteiger partial charge in [0, 0.05) is 17.3 Å². The van der Waals surface area contributed by atoms with Crippen LogP contribution in [0.4, 0.5) is 10.7 Å². The number of primary amides is 1. The van der Waals surface area contributed by atoms with E-state index in [1.165, 1.54) is 11.4 Å². The second kappa shape index (κ2) is 5.11. The van der Waals surface area contributed by atoms with Crippen molar-refractivity contribution in [3.63, 3.8) is 0 Å². The number of carbonyl (C=O) groups excluding carboxylic acids is 2. The number of rotatable bonds is 3. The van der Waals surface area contributed by atoms with Crippen molar-refractivity contribution in [3.8, 4) is 0 Å². The number of halogens is 1. The number of pyridine rings is 1. The minimum absolute atomic E-state index is 0.0939. The van der Waals surface area contributed by atoms with Crippen molar-refractivity contribution in [2.45, 2.75) is 13.0 Å². The van der Waals surface area contributed by atoms with E-state index in [2.05, 4.69) is 20.7 Å². The summed E-state index contributed by atoms with van der Waals surface area (Å²) in [5.41, 5.74) is 5.52. The molecule has 2 aromatic heterocycles. The molecule has 0 spiro atoms. The second-order valence-electron chi connectivity index (χ2n) is 3.81. The zero-order valence-corrected chi connectivity index (χ0v) is 10.7. The zero-order chi connectivity index (χ0) is 14.0. The van der Waals surface area contributed by atoms with Gasteiger partial charge in [-0.05, 0) is 13.0 Å². The molecule has 19 heavy (non-hydrogen) atoms. The number of nitrogens with one attached hydrogen (secondary N) is 2. The number of hydrogen-bond donors (Lipinski definition) is 3. The van der Waals surface area contributed by atoms with E-state index in [1.807, 2.05) is 0 Å². The molecule has 4 N–H and O–H groups in total. The van der Waals surface area contributed by atoms with Crippen molar-refractivity contribution >= 4 is 35.1 Å². The molecule has 2 aromatic rings. The number of nitrogens with two attached hydrogens (primary N) is 1. The number of fused-ring (bicyclic) bond motifs is 1. The van der Waals surface area contributed by atoms with Gasteiger partial charge in [0.2, 0.25) is 5.91 Å². The summed E-state index contributed by atoms with van der Waals surface area (Å²) in [4.78, 5) is 26.4. The Hall–Kier alpha value is -2.35. The maximum Gasteiger partial charge on any atom is 0.322 e. The molecule has 0 aromatic carbocycles. The first-order valence-electron chi connectivity index (χ1n) is 5.34. The zero-order valence-electron chi connectivity index (χ0n) is 9.92. The number of amides is 3. The average molecular weight is 283 g/mol. The number of anilines is 1. The van der Waals surface area contributed by atoms with E-state index in [-0.39, 0.29) is 5.95 Å². The van der Waals surface area contributed by atoms with Crippen LogP contribution in [0.25, 0.3) is 5.65 Å². The van der Waals surface area contributed by atoms with E-state index >= 15 is 0 Å². The van der Waals surface area contributed by atoms with Crippen LogP contribution in [0.15, 0.2) is 18.3 Å². The molecule has 100 valence electrons. The quantitative estimate of drug-likeness (QED) is 0.755. The third kappa shape index (κ3) is 3.10. The fourth-order valence-electron chi connectivity index (χ4n) is 1.32. The third-order valence-electron chi connectivity index (χ3n) is 2.30. The van der Waals surface area contributed by atoms with Crippen LogP contribution >= 0.6 is 11.6 Å². The first-order valence-corrected chi connectivity index (χ1v) is 5.72. The second-order valence-corrected chi connectivity index (χ2v) is 4.24. The maximum atomic E-state index is 11.5. The van der Waals surface area contributed by atoms with E-state index < -0.39 is 18.0 Å². The van der Waals surface area contributed by atoms with Crippen molar-refractivity contribution < 1.29 is 9.59 Å². The lowest BCUT2D eigenvalue weighted by Gasteiger charge is -2.09. The fourth-order valence-corrected chi connectivity index (χ4v) is 1.47. The number of aromatic nitrogens is 3. The molecule has 2 heterocycles. The maximum absolute atomic E-state index is 11.5. The topological polar surface area (TPSA) is 114 Å². The molecule has 1 atom stereocenters. The molecular weight excluding hydrogens is 272 g/mol. The Labute approximate surface area is 112 Å². The molecular formula is C10H11ClN6O2. The molecule has 0 saturated carbocycles. The Balaban J connectivity index is 2.09. The van der Waals surface area contributed by atoms with Crippen molar-refractivity contribution in [1.82, 2.24) is 19.9 Å². The molecule has 0 aliphatic rings. The first-order chi connectivity index (χ1) is 8.95. The van der Waals surface area contributed by atoms with Crippen LogP contribution in [0, 0.1) is 0 Å². The van der Waals surface area contributed by atoms with Gasteiger partial charge in [0.15, 0.2) is 5.65 Å². The highest BCUT2D eigenvalue weighted by Gasteiger charge is 2.13. The molecule has 0 radical (unpaired) electrons. The lowest BCUT2D eigenvalue weighted by atomic mass is 10.3. The van der Waals surface area contributed by atoms with Gasteiger partial charge in [-0.1, -0.05) is 11.6 Å². The van der Waals surface area contributed by atoms with Crippen LogP contribution in [0.5, 0.6) is 0 Å². The van der Waals surface area contributed by atoms with Gasteiger partial charge in [0.1, 0.15) is 6.04 Å². The number of carbonyl (C=O) groups is 2. The number of urea groups is 1. The average Bonchev–Trinajstić information content (AvgIpc) is 2.69.